The van der Waals surface area contributed by atoms with Crippen molar-refractivity contribution in [3.05, 3.63) is 53.7 Å². The van der Waals surface area contributed by atoms with Gasteiger partial charge >= 0.3 is 6.18 Å². The molecular weight excluding hydrogens is 393 g/mol. The summed E-state index contributed by atoms with van der Waals surface area (Å²) >= 11 is 0. The molecule has 1 aromatic heterocycles. The van der Waals surface area contributed by atoms with Gasteiger partial charge in [-0.2, -0.15) is 13.2 Å². The summed E-state index contributed by atoms with van der Waals surface area (Å²) in [6.07, 6.45) is -2.38. The average molecular weight is 418 g/mol. The number of halogens is 3. The third-order valence-electron chi connectivity index (χ3n) is 5.78. The predicted octanol–water partition coefficient (Wildman–Crippen LogP) is 3.49. The molecule has 1 aromatic carbocycles. The summed E-state index contributed by atoms with van der Waals surface area (Å²) in [5.74, 6) is 0.291. The Kier molecular flexibility index (Phi) is 5.34. The molecule has 2 unspecified atom stereocenters. The quantitative estimate of drug-likeness (QED) is 0.829. The number of piperazine rings is 1. The normalized spacial score (nSPS) is 21.3. The molecule has 3 heterocycles. The number of anilines is 2. The summed E-state index contributed by atoms with van der Waals surface area (Å²) in [6, 6.07) is 9.43. The number of hydrogen-bond acceptors (Lipinski definition) is 4. The number of fused-ring (bicyclic) bond motifs is 3. The molecule has 8 heteroatoms. The molecule has 30 heavy (non-hydrogen) atoms. The van der Waals surface area contributed by atoms with Crippen LogP contribution >= 0.6 is 0 Å². The van der Waals surface area contributed by atoms with Gasteiger partial charge in [-0.25, -0.2) is 4.98 Å². The largest absolute Gasteiger partial charge is 0.416 e. The molecule has 0 saturated carbocycles. The number of aromatic nitrogens is 1. The maximum atomic E-state index is 13.3. The van der Waals surface area contributed by atoms with Crippen LogP contribution in [0.15, 0.2) is 42.6 Å². The van der Waals surface area contributed by atoms with Gasteiger partial charge in [0.1, 0.15) is 5.82 Å². The molecular formula is C22H25F3N4O. The van der Waals surface area contributed by atoms with E-state index in [4.69, 9.17) is 0 Å². The number of rotatable bonds is 3. The number of hydrogen-bond donors (Lipinski definition) is 1. The highest BCUT2D eigenvalue weighted by Crippen LogP contribution is 2.40. The number of alkyl halides is 3. The van der Waals surface area contributed by atoms with Crippen molar-refractivity contribution >= 4 is 17.4 Å². The zero-order valence-corrected chi connectivity index (χ0v) is 17.0. The lowest BCUT2D eigenvalue weighted by Crippen LogP contribution is -2.61. The van der Waals surface area contributed by atoms with Gasteiger partial charge in [-0.1, -0.05) is 6.07 Å². The first-order valence-corrected chi connectivity index (χ1v) is 10.2. The lowest BCUT2D eigenvalue weighted by Gasteiger charge is -2.49. The zero-order chi connectivity index (χ0) is 21.5. The molecule has 0 spiro atoms. The van der Waals surface area contributed by atoms with Crippen molar-refractivity contribution in [1.82, 2.24) is 10.3 Å². The van der Waals surface area contributed by atoms with Crippen molar-refractivity contribution in [3.8, 4) is 0 Å². The lowest BCUT2D eigenvalue weighted by atomic mass is 9.82. The third-order valence-corrected chi connectivity index (χ3v) is 5.78. The molecule has 1 amide bonds. The molecule has 4 rings (SSSR count). The first-order chi connectivity index (χ1) is 14.2. The number of amides is 1. The summed E-state index contributed by atoms with van der Waals surface area (Å²) in [5.41, 5.74) is 0.702. The van der Waals surface area contributed by atoms with Crippen molar-refractivity contribution < 1.29 is 18.0 Å². The van der Waals surface area contributed by atoms with Crippen molar-refractivity contribution in [3.63, 3.8) is 0 Å². The fraction of sp³-hybridized carbons (Fsp3) is 0.455. The highest BCUT2D eigenvalue weighted by Gasteiger charge is 2.43. The Morgan fingerprint density at radius 3 is 2.67 bits per heavy atom. The number of pyridine rings is 1. The molecule has 160 valence electrons. The van der Waals surface area contributed by atoms with Crippen molar-refractivity contribution in [1.29, 1.82) is 0 Å². The second-order valence-corrected chi connectivity index (χ2v) is 8.21. The molecule has 1 fully saturated rings. The zero-order valence-electron chi connectivity index (χ0n) is 17.0. The second kappa shape index (κ2) is 7.81. The van der Waals surface area contributed by atoms with E-state index in [2.05, 4.69) is 20.1 Å². The molecule has 2 aliphatic rings. The van der Waals surface area contributed by atoms with Gasteiger partial charge < -0.3 is 15.1 Å². The van der Waals surface area contributed by atoms with E-state index in [1.807, 2.05) is 32.0 Å². The van der Waals surface area contributed by atoms with E-state index in [1.54, 1.807) is 12.3 Å². The first kappa shape index (κ1) is 20.5. The SMILES string of the molecule is CC(C)NC(=O)C1Cc2cc(C(F)(F)F)ccc2N2CCN(c3ccccn3)CC12. The predicted molar refractivity (Wildman–Crippen MR) is 110 cm³/mol. The lowest BCUT2D eigenvalue weighted by molar-refractivity contribution is -0.137. The number of nitrogens with one attached hydrogen (secondary N) is 1. The Labute approximate surface area is 173 Å². The second-order valence-electron chi connectivity index (χ2n) is 8.21. The molecule has 5 nitrogen and oxygen atoms in total. The number of nitrogens with zero attached hydrogens (tertiary/aromatic N) is 3. The van der Waals surface area contributed by atoms with Gasteiger partial charge in [0, 0.05) is 37.6 Å². The van der Waals surface area contributed by atoms with Gasteiger partial charge in [-0.3, -0.25) is 4.79 Å². The van der Waals surface area contributed by atoms with E-state index in [0.717, 1.165) is 17.6 Å². The van der Waals surface area contributed by atoms with E-state index in [-0.39, 0.29) is 24.4 Å². The van der Waals surface area contributed by atoms with Crippen LogP contribution in [0.25, 0.3) is 0 Å². The Morgan fingerprint density at radius 2 is 2.00 bits per heavy atom. The van der Waals surface area contributed by atoms with Gasteiger partial charge in [0.15, 0.2) is 0 Å². The molecule has 2 aliphatic heterocycles. The van der Waals surface area contributed by atoms with Gasteiger partial charge in [0.2, 0.25) is 5.91 Å². The molecule has 1 saturated heterocycles. The summed E-state index contributed by atoms with van der Waals surface area (Å²) < 4.78 is 39.8. The fourth-order valence-electron chi connectivity index (χ4n) is 4.44. The van der Waals surface area contributed by atoms with Crippen LogP contribution in [0.5, 0.6) is 0 Å². The number of carbonyl (C=O) groups excluding carboxylic acids is 1. The number of benzene rings is 1. The van der Waals surface area contributed by atoms with Crippen LogP contribution in [-0.2, 0) is 17.4 Å². The summed E-state index contributed by atoms with van der Waals surface area (Å²) in [6.45, 7) is 5.66. The highest BCUT2D eigenvalue weighted by molar-refractivity contribution is 5.82. The van der Waals surface area contributed by atoms with E-state index < -0.39 is 17.7 Å². The summed E-state index contributed by atoms with van der Waals surface area (Å²) in [4.78, 5) is 21.7. The summed E-state index contributed by atoms with van der Waals surface area (Å²) in [7, 11) is 0. The van der Waals surface area contributed by atoms with Crippen molar-refractivity contribution in [2.75, 3.05) is 29.4 Å². The summed E-state index contributed by atoms with van der Waals surface area (Å²) in [5, 5.41) is 2.95. The van der Waals surface area contributed by atoms with Gasteiger partial charge in [0.25, 0.3) is 0 Å². The minimum Gasteiger partial charge on any atom is -0.364 e. The Morgan fingerprint density at radius 1 is 1.20 bits per heavy atom. The molecule has 1 N–H and O–H groups in total. The van der Waals surface area contributed by atoms with Crippen molar-refractivity contribution in [2.45, 2.75) is 38.5 Å². The topological polar surface area (TPSA) is 48.5 Å². The van der Waals surface area contributed by atoms with Crippen LogP contribution in [0.1, 0.15) is 25.0 Å². The van der Waals surface area contributed by atoms with E-state index in [0.29, 0.717) is 25.2 Å². The van der Waals surface area contributed by atoms with Crippen molar-refractivity contribution in [2.24, 2.45) is 5.92 Å². The standard InChI is InChI=1S/C22H25F3N4O/c1-14(2)27-21(30)17-12-15-11-16(22(23,24)25)6-7-18(15)29-10-9-28(13-19(17)29)20-5-3-4-8-26-20/h3-8,11,14,17,19H,9-10,12-13H2,1-2H3,(H,27,30). The van der Waals surface area contributed by atoms with Crippen LogP contribution in [0, 0.1) is 5.92 Å². The fourth-order valence-corrected chi connectivity index (χ4v) is 4.44. The van der Waals surface area contributed by atoms with Crippen LogP contribution in [0.4, 0.5) is 24.7 Å². The van der Waals surface area contributed by atoms with E-state index in [1.165, 1.54) is 6.07 Å². The maximum absolute atomic E-state index is 13.3. The monoisotopic (exact) mass is 418 g/mol. The molecule has 0 aliphatic carbocycles. The van der Waals surface area contributed by atoms with Crippen LogP contribution < -0.4 is 15.1 Å². The molecule has 0 radical (unpaired) electrons. The Bertz CT molecular complexity index is 916. The third kappa shape index (κ3) is 3.95. The molecule has 0 bridgehead atoms. The molecule has 2 atom stereocenters. The minimum atomic E-state index is -4.40. The maximum Gasteiger partial charge on any atom is 0.416 e. The smallest absolute Gasteiger partial charge is 0.364 e. The van der Waals surface area contributed by atoms with Crippen LogP contribution in [-0.4, -0.2) is 42.6 Å². The van der Waals surface area contributed by atoms with Gasteiger partial charge in [-0.15, -0.1) is 0 Å². The van der Waals surface area contributed by atoms with Gasteiger partial charge in [0.05, 0.1) is 17.5 Å². The van der Waals surface area contributed by atoms with Crippen LogP contribution in [0.2, 0.25) is 0 Å². The van der Waals surface area contributed by atoms with E-state index >= 15 is 0 Å². The van der Waals surface area contributed by atoms with E-state index in [9.17, 15) is 18.0 Å². The highest BCUT2D eigenvalue weighted by atomic mass is 19.4. The average Bonchev–Trinajstić information content (AvgIpc) is 2.71. The Hall–Kier alpha value is -2.77. The minimum absolute atomic E-state index is 0.0376. The number of carbonyl (C=O) groups is 1. The van der Waals surface area contributed by atoms with Gasteiger partial charge in [-0.05, 0) is 56.2 Å². The van der Waals surface area contributed by atoms with Crippen LogP contribution in [0.3, 0.4) is 0 Å². The molecule has 2 aromatic rings. The Balaban J connectivity index is 1.69. The first-order valence-electron chi connectivity index (χ1n) is 10.2.